The predicted octanol–water partition coefficient (Wildman–Crippen LogP) is 5.16. The first-order valence-corrected chi connectivity index (χ1v) is 8.81. The fourth-order valence-electron chi connectivity index (χ4n) is 2.85. The number of nitrogens with one attached hydrogen (secondary N) is 1. The molecule has 0 aliphatic heterocycles. The van der Waals surface area contributed by atoms with Crippen LogP contribution in [0.3, 0.4) is 0 Å². The molecule has 1 heterocycles. The molecule has 3 rings (SSSR count). The molecule has 3 aromatic rings. The quantitative estimate of drug-likeness (QED) is 0.646. The lowest BCUT2D eigenvalue weighted by atomic mass is 9.86. The zero-order valence-electron chi connectivity index (χ0n) is 15.0. The number of halogens is 1. The van der Waals surface area contributed by atoms with E-state index in [1.807, 2.05) is 49.6 Å². The van der Waals surface area contributed by atoms with Crippen molar-refractivity contribution in [2.24, 2.45) is 5.41 Å². The highest BCUT2D eigenvalue weighted by molar-refractivity contribution is 6.30. The lowest BCUT2D eigenvalue weighted by Gasteiger charge is -2.15. The van der Waals surface area contributed by atoms with Gasteiger partial charge in [0.05, 0.1) is 0 Å². The van der Waals surface area contributed by atoms with E-state index < -0.39 is 5.41 Å². The number of nitrogens with zero attached hydrogens (tertiary/aromatic N) is 1. The number of carbonyl (C=O) groups excluding carboxylic acids is 2. The smallest absolute Gasteiger partial charge is 0.244 e. The van der Waals surface area contributed by atoms with Crippen molar-refractivity contribution in [1.82, 2.24) is 4.57 Å². The summed E-state index contributed by atoms with van der Waals surface area (Å²) in [4.78, 5) is 25.2. The Morgan fingerprint density at radius 2 is 1.69 bits per heavy atom. The Morgan fingerprint density at radius 3 is 2.35 bits per heavy atom. The number of benzene rings is 2. The Kier molecular flexibility index (Phi) is 4.88. The Balaban J connectivity index is 1.89. The molecule has 26 heavy (non-hydrogen) atoms. The van der Waals surface area contributed by atoms with Crippen molar-refractivity contribution in [3.05, 3.63) is 65.3 Å². The molecule has 0 radical (unpaired) electrons. The molecule has 2 aromatic carbocycles. The Morgan fingerprint density at radius 1 is 1.04 bits per heavy atom. The first-order chi connectivity index (χ1) is 12.3. The lowest BCUT2D eigenvalue weighted by Crippen LogP contribution is -2.20. The number of hydrogen-bond acceptors (Lipinski definition) is 2. The second-order valence-electron chi connectivity index (χ2n) is 7.32. The Labute approximate surface area is 157 Å². The van der Waals surface area contributed by atoms with Gasteiger partial charge in [0.1, 0.15) is 6.54 Å². The summed E-state index contributed by atoms with van der Waals surface area (Å²) in [5.74, 6) is -0.103. The van der Waals surface area contributed by atoms with Gasteiger partial charge in [0.15, 0.2) is 5.78 Å². The number of amides is 1. The molecule has 134 valence electrons. The zero-order chi connectivity index (χ0) is 18.9. The van der Waals surface area contributed by atoms with E-state index in [1.165, 1.54) is 0 Å². The molecule has 0 bridgehead atoms. The summed E-state index contributed by atoms with van der Waals surface area (Å²) >= 11 is 5.86. The fourth-order valence-corrected chi connectivity index (χ4v) is 2.98. The van der Waals surface area contributed by atoms with E-state index in [0.29, 0.717) is 16.3 Å². The minimum atomic E-state index is -0.486. The molecule has 4 nitrogen and oxygen atoms in total. The van der Waals surface area contributed by atoms with Crippen LogP contribution in [0.15, 0.2) is 54.7 Å². The van der Waals surface area contributed by atoms with Gasteiger partial charge in [-0.1, -0.05) is 50.6 Å². The third-order valence-corrected chi connectivity index (χ3v) is 4.41. The third kappa shape index (κ3) is 3.81. The number of anilines is 1. The van der Waals surface area contributed by atoms with Crippen LogP contribution < -0.4 is 5.32 Å². The third-order valence-electron chi connectivity index (χ3n) is 4.16. The number of ketones is 1. The van der Waals surface area contributed by atoms with Crippen molar-refractivity contribution >= 4 is 39.9 Å². The summed E-state index contributed by atoms with van der Waals surface area (Å²) in [7, 11) is 0. The maximum absolute atomic E-state index is 12.8. The molecule has 1 amide bonds. The minimum absolute atomic E-state index is 0.0607. The number of fused-ring (bicyclic) bond motifs is 1. The van der Waals surface area contributed by atoms with Crippen LogP contribution in [0, 0.1) is 5.41 Å². The van der Waals surface area contributed by atoms with Gasteiger partial charge in [0.2, 0.25) is 5.91 Å². The summed E-state index contributed by atoms with van der Waals surface area (Å²) in [6, 6.07) is 14.6. The number of carbonyl (C=O) groups is 2. The van der Waals surface area contributed by atoms with Gasteiger partial charge < -0.3 is 9.88 Å². The topological polar surface area (TPSA) is 51.1 Å². The van der Waals surface area contributed by atoms with Crippen LogP contribution in [0.25, 0.3) is 10.9 Å². The molecule has 0 aliphatic carbocycles. The van der Waals surface area contributed by atoms with E-state index in [2.05, 4.69) is 5.32 Å². The number of hydrogen-bond donors (Lipinski definition) is 1. The standard InChI is InChI=1S/C21H21ClN2O2/c1-21(2,3)20(26)17-12-24(18-7-5-4-6-16(17)18)13-19(25)23-15-10-8-14(22)9-11-15/h4-12H,13H2,1-3H3,(H,23,25). The van der Waals surface area contributed by atoms with Crippen molar-refractivity contribution in [1.29, 1.82) is 0 Å². The largest absolute Gasteiger partial charge is 0.337 e. The molecule has 1 aromatic heterocycles. The van der Waals surface area contributed by atoms with Crippen LogP contribution in [0.2, 0.25) is 5.02 Å². The SMILES string of the molecule is CC(C)(C)C(=O)c1cn(CC(=O)Nc2ccc(Cl)cc2)c2ccccc12. The van der Waals surface area contributed by atoms with Gasteiger partial charge in [0.25, 0.3) is 0 Å². The van der Waals surface area contributed by atoms with E-state index in [1.54, 1.807) is 30.5 Å². The van der Waals surface area contributed by atoms with Crippen LogP contribution >= 0.6 is 11.6 Å². The van der Waals surface area contributed by atoms with Gasteiger partial charge in [-0.2, -0.15) is 0 Å². The molecule has 5 heteroatoms. The normalized spacial score (nSPS) is 11.5. The van der Waals surface area contributed by atoms with Gasteiger partial charge in [-0.3, -0.25) is 9.59 Å². The van der Waals surface area contributed by atoms with Crippen LogP contribution in [-0.2, 0) is 11.3 Å². The van der Waals surface area contributed by atoms with E-state index in [9.17, 15) is 9.59 Å². The zero-order valence-corrected chi connectivity index (χ0v) is 15.8. The van der Waals surface area contributed by atoms with Crippen LogP contribution in [0.1, 0.15) is 31.1 Å². The molecule has 0 spiro atoms. The van der Waals surface area contributed by atoms with Crippen molar-refractivity contribution in [3.8, 4) is 0 Å². The van der Waals surface area contributed by atoms with Gasteiger partial charge in [0, 0.05) is 38.8 Å². The minimum Gasteiger partial charge on any atom is -0.337 e. The van der Waals surface area contributed by atoms with Gasteiger partial charge in [-0.25, -0.2) is 0 Å². The van der Waals surface area contributed by atoms with E-state index in [4.69, 9.17) is 11.6 Å². The maximum Gasteiger partial charge on any atom is 0.244 e. The molecular formula is C21H21ClN2O2. The highest BCUT2D eigenvalue weighted by Crippen LogP contribution is 2.28. The number of Topliss-reactive ketones (excluding diaryl/α,β-unsaturated/α-hetero) is 1. The molecule has 1 N–H and O–H groups in total. The highest BCUT2D eigenvalue weighted by atomic mass is 35.5. The summed E-state index contributed by atoms with van der Waals surface area (Å²) < 4.78 is 1.82. The van der Waals surface area contributed by atoms with Gasteiger partial charge in [-0.15, -0.1) is 0 Å². The van der Waals surface area contributed by atoms with Crippen LogP contribution in [0.5, 0.6) is 0 Å². The second-order valence-corrected chi connectivity index (χ2v) is 7.76. The summed E-state index contributed by atoms with van der Waals surface area (Å²) in [6.07, 6.45) is 1.78. The highest BCUT2D eigenvalue weighted by Gasteiger charge is 2.26. The van der Waals surface area contributed by atoms with Crippen LogP contribution in [-0.4, -0.2) is 16.3 Å². The molecule has 0 atom stereocenters. The Bertz CT molecular complexity index is 966. The summed E-state index contributed by atoms with van der Waals surface area (Å²) in [5.41, 5.74) is 1.71. The van der Waals surface area contributed by atoms with Crippen LogP contribution in [0.4, 0.5) is 5.69 Å². The second kappa shape index (κ2) is 6.96. The van der Waals surface area contributed by atoms with Crippen molar-refractivity contribution in [3.63, 3.8) is 0 Å². The lowest BCUT2D eigenvalue weighted by molar-refractivity contribution is -0.116. The van der Waals surface area contributed by atoms with Crippen molar-refractivity contribution in [2.45, 2.75) is 27.3 Å². The first kappa shape index (κ1) is 18.2. The van der Waals surface area contributed by atoms with Gasteiger partial charge >= 0.3 is 0 Å². The number of rotatable bonds is 4. The molecule has 0 fully saturated rings. The van der Waals surface area contributed by atoms with E-state index >= 15 is 0 Å². The maximum atomic E-state index is 12.8. The summed E-state index contributed by atoms with van der Waals surface area (Å²) in [6.45, 7) is 5.82. The number of para-hydroxylation sites is 1. The van der Waals surface area contributed by atoms with E-state index in [-0.39, 0.29) is 18.2 Å². The molecule has 0 saturated heterocycles. The summed E-state index contributed by atoms with van der Waals surface area (Å²) in [5, 5.41) is 4.33. The average Bonchev–Trinajstić information content (AvgIpc) is 2.94. The fraction of sp³-hybridized carbons (Fsp3) is 0.238. The molecule has 0 saturated carbocycles. The first-order valence-electron chi connectivity index (χ1n) is 8.44. The number of aromatic nitrogens is 1. The van der Waals surface area contributed by atoms with Gasteiger partial charge in [-0.05, 0) is 30.3 Å². The molecule has 0 unspecified atom stereocenters. The Hall–Kier alpha value is -2.59. The van der Waals surface area contributed by atoms with E-state index in [0.717, 1.165) is 10.9 Å². The predicted molar refractivity (Wildman–Crippen MR) is 106 cm³/mol. The van der Waals surface area contributed by atoms with Crippen molar-refractivity contribution < 1.29 is 9.59 Å². The monoisotopic (exact) mass is 368 g/mol. The van der Waals surface area contributed by atoms with Crippen molar-refractivity contribution in [2.75, 3.05) is 5.32 Å². The average molecular weight is 369 g/mol. The molecule has 0 aliphatic rings. The molecular weight excluding hydrogens is 348 g/mol.